The number of aromatic nitrogens is 2. The van der Waals surface area contributed by atoms with Crippen molar-refractivity contribution in [2.24, 2.45) is 5.41 Å². The van der Waals surface area contributed by atoms with Crippen LogP contribution in [0.25, 0.3) is 11.1 Å². The van der Waals surface area contributed by atoms with Gasteiger partial charge >= 0.3 is 5.97 Å². The van der Waals surface area contributed by atoms with E-state index in [0.29, 0.717) is 22.4 Å². The van der Waals surface area contributed by atoms with Crippen LogP contribution < -0.4 is 14.4 Å². The first-order valence-electron chi connectivity index (χ1n) is 12.4. The van der Waals surface area contributed by atoms with Crippen LogP contribution in [0.1, 0.15) is 37.9 Å². The second-order valence-corrected chi connectivity index (χ2v) is 10.5. The van der Waals surface area contributed by atoms with Crippen molar-refractivity contribution in [2.75, 3.05) is 31.2 Å². The molecule has 10 heteroatoms. The number of carbonyl (C=O) groups is 1. The van der Waals surface area contributed by atoms with Gasteiger partial charge in [0.05, 0.1) is 12.1 Å². The number of pyridine rings is 2. The largest absolute Gasteiger partial charge is 0.487 e. The van der Waals surface area contributed by atoms with Gasteiger partial charge in [-0.15, -0.1) is 0 Å². The molecular formula is C28H30ClF2N3O4. The molecule has 0 spiro atoms. The Morgan fingerprint density at radius 3 is 2.45 bits per heavy atom. The number of halogens is 3. The van der Waals surface area contributed by atoms with Crippen LogP contribution in [0.15, 0.2) is 36.7 Å². The van der Waals surface area contributed by atoms with Gasteiger partial charge in [0.1, 0.15) is 13.2 Å². The van der Waals surface area contributed by atoms with Crippen LogP contribution in [0, 0.1) is 24.0 Å². The molecule has 1 aliphatic rings. The third kappa shape index (κ3) is 6.51. The van der Waals surface area contributed by atoms with Crippen LogP contribution in [0.5, 0.6) is 11.6 Å². The third-order valence-electron chi connectivity index (χ3n) is 6.72. The number of benzene rings is 1. The van der Waals surface area contributed by atoms with E-state index in [-0.39, 0.29) is 41.7 Å². The number of hydrogen-bond acceptors (Lipinski definition) is 6. The van der Waals surface area contributed by atoms with Gasteiger partial charge in [-0.25, -0.2) is 13.8 Å². The number of rotatable bonds is 9. The zero-order valence-electron chi connectivity index (χ0n) is 21.6. The van der Waals surface area contributed by atoms with Gasteiger partial charge in [0, 0.05) is 52.9 Å². The fraction of sp³-hybridized carbons (Fsp3) is 0.393. The van der Waals surface area contributed by atoms with Gasteiger partial charge in [-0.2, -0.15) is 0 Å². The minimum atomic E-state index is -0.959. The first kappa shape index (κ1) is 27.6. The van der Waals surface area contributed by atoms with Crippen LogP contribution in [-0.4, -0.2) is 47.3 Å². The molecule has 7 nitrogen and oxygen atoms in total. The molecule has 4 rings (SSSR count). The van der Waals surface area contributed by atoms with E-state index in [4.69, 9.17) is 21.1 Å². The van der Waals surface area contributed by atoms with Crippen LogP contribution >= 0.6 is 11.6 Å². The number of aryl methyl sites for hydroxylation is 1. The highest BCUT2D eigenvalue weighted by Gasteiger charge is 2.29. The van der Waals surface area contributed by atoms with Crippen molar-refractivity contribution in [1.29, 1.82) is 0 Å². The standard InChI is InChI=1S/C28H30ClF2N3O4/c1-17-20(14-25(35)36)26(34-8-6-28(2,3)7-9-34)21(16-32-17)18-12-23(31)27(33-15-18)38-11-10-37-24-5-4-19(29)13-22(24)30/h4-5,12-13,15-16H,6-11,14H2,1-3H3,(H,35,36). The predicted molar refractivity (Wildman–Crippen MR) is 141 cm³/mol. The Labute approximate surface area is 225 Å². The summed E-state index contributed by atoms with van der Waals surface area (Å²) >= 11 is 5.73. The lowest BCUT2D eigenvalue weighted by Crippen LogP contribution is -2.38. The first-order chi connectivity index (χ1) is 18.0. The van der Waals surface area contributed by atoms with Gasteiger partial charge in [-0.3, -0.25) is 9.78 Å². The number of carboxylic acid groups (broad SMARTS) is 1. The average molecular weight is 546 g/mol. The van der Waals surface area contributed by atoms with Gasteiger partial charge in [0.2, 0.25) is 0 Å². The molecule has 202 valence electrons. The summed E-state index contributed by atoms with van der Waals surface area (Å²) in [6.07, 6.45) is 4.82. The van der Waals surface area contributed by atoms with Crippen molar-refractivity contribution < 1.29 is 28.2 Å². The lowest BCUT2D eigenvalue weighted by molar-refractivity contribution is -0.136. The number of ether oxygens (including phenoxy) is 2. The Morgan fingerprint density at radius 2 is 1.79 bits per heavy atom. The smallest absolute Gasteiger partial charge is 0.307 e. The number of hydrogen-bond donors (Lipinski definition) is 1. The first-order valence-corrected chi connectivity index (χ1v) is 12.7. The monoisotopic (exact) mass is 545 g/mol. The lowest BCUT2D eigenvalue weighted by atomic mass is 9.82. The molecule has 0 saturated carbocycles. The number of aliphatic carboxylic acids is 1. The second-order valence-electron chi connectivity index (χ2n) is 10.1. The van der Waals surface area contributed by atoms with Crippen molar-refractivity contribution >= 4 is 23.3 Å². The minimum Gasteiger partial charge on any atom is -0.487 e. The molecule has 0 bridgehead atoms. The van der Waals surface area contributed by atoms with Crippen LogP contribution in [0.2, 0.25) is 5.02 Å². The van der Waals surface area contributed by atoms with Crippen LogP contribution in [0.4, 0.5) is 14.5 Å². The fourth-order valence-corrected chi connectivity index (χ4v) is 4.63. The second kappa shape index (κ2) is 11.5. The third-order valence-corrected chi connectivity index (χ3v) is 6.95. The predicted octanol–water partition coefficient (Wildman–Crippen LogP) is 6.09. The van der Waals surface area contributed by atoms with Gasteiger partial charge in [0.15, 0.2) is 17.4 Å². The van der Waals surface area contributed by atoms with Crippen molar-refractivity contribution in [3.05, 3.63) is 64.6 Å². The van der Waals surface area contributed by atoms with Gasteiger partial charge < -0.3 is 19.5 Å². The zero-order chi connectivity index (χ0) is 27.4. The number of piperidine rings is 1. The summed E-state index contributed by atoms with van der Waals surface area (Å²) in [5.74, 6) is -2.46. The highest BCUT2D eigenvalue weighted by molar-refractivity contribution is 6.30. The molecule has 38 heavy (non-hydrogen) atoms. The molecule has 1 fully saturated rings. The molecule has 1 aliphatic heterocycles. The van der Waals surface area contributed by atoms with Crippen molar-refractivity contribution in [2.45, 2.75) is 40.0 Å². The Balaban J connectivity index is 1.55. The molecule has 0 atom stereocenters. The maximum absolute atomic E-state index is 15.0. The Hall–Kier alpha value is -3.46. The lowest BCUT2D eigenvalue weighted by Gasteiger charge is -2.40. The van der Waals surface area contributed by atoms with Crippen molar-refractivity contribution in [3.8, 4) is 22.8 Å². The summed E-state index contributed by atoms with van der Waals surface area (Å²) in [6.45, 7) is 7.63. The molecule has 1 saturated heterocycles. The molecule has 0 aliphatic carbocycles. The highest BCUT2D eigenvalue weighted by Crippen LogP contribution is 2.40. The number of carboxylic acids is 1. The molecule has 2 aromatic heterocycles. The Kier molecular flexibility index (Phi) is 8.35. The van der Waals surface area contributed by atoms with E-state index in [9.17, 15) is 14.3 Å². The quantitative estimate of drug-likeness (QED) is 0.325. The van der Waals surface area contributed by atoms with Crippen LogP contribution in [0.3, 0.4) is 0 Å². The molecule has 0 radical (unpaired) electrons. The highest BCUT2D eigenvalue weighted by atomic mass is 35.5. The Morgan fingerprint density at radius 1 is 1.08 bits per heavy atom. The minimum absolute atomic E-state index is 0.0134. The van der Waals surface area contributed by atoms with E-state index < -0.39 is 17.6 Å². The van der Waals surface area contributed by atoms with E-state index >= 15 is 4.39 Å². The molecule has 0 unspecified atom stereocenters. The average Bonchev–Trinajstić information content (AvgIpc) is 2.85. The number of anilines is 1. The van der Waals surface area contributed by atoms with E-state index in [2.05, 4.69) is 28.7 Å². The molecule has 0 amide bonds. The molecule has 1 N–H and O–H groups in total. The molecule has 3 heterocycles. The fourth-order valence-electron chi connectivity index (χ4n) is 4.47. The molecular weight excluding hydrogens is 516 g/mol. The van der Waals surface area contributed by atoms with Gasteiger partial charge in [-0.05, 0) is 49.4 Å². The summed E-state index contributed by atoms with van der Waals surface area (Å²) in [5.41, 5.74) is 3.27. The van der Waals surface area contributed by atoms with Crippen molar-refractivity contribution in [3.63, 3.8) is 0 Å². The van der Waals surface area contributed by atoms with E-state index in [1.807, 2.05) is 0 Å². The molecule has 3 aromatic rings. The van der Waals surface area contributed by atoms with Gasteiger partial charge in [0.25, 0.3) is 5.88 Å². The normalized spacial score (nSPS) is 14.8. The summed E-state index contributed by atoms with van der Waals surface area (Å²) in [4.78, 5) is 22.4. The van der Waals surface area contributed by atoms with E-state index in [1.165, 1.54) is 24.4 Å². The maximum Gasteiger partial charge on any atom is 0.307 e. The summed E-state index contributed by atoms with van der Waals surface area (Å²) in [7, 11) is 0. The SMILES string of the molecule is Cc1ncc(-c2cnc(OCCOc3ccc(Cl)cc3F)c(F)c2)c(N2CCC(C)(C)CC2)c1CC(=O)O. The zero-order valence-corrected chi connectivity index (χ0v) is 22.3. The summed E-state index contributed by atoms with van der Waals surface area (Å²) in [5, 5.41) is 9.82. The Bertz CT molecular complexity index is 1330. The van der Waals surface area contributed by atoms with E-state index in [0.717, 1.165) is 37.7 Å². The molecule has 1 aromatic carbocycles. The summed E-state index contributed by atoms with van der Waals surface area (Å²) in [6, 6.07) is 5.34. The van der Waals surface area contributed by atoms with Crippen LogP contribution in [-0.2, 0) is 11.2 Å². The summed E-state index contributed by atoms with van der Waals surface area (Å²) < 4.78 is 39.6. The van der Waals surface area contributed by atoms with Crippen molar-refractivity contribution in [1.82, 2.24) is 9.97 Å². The van der Waals surface area contributed by atoms with Gasteiger partial charge in [-0.1, -0.05) is 25.4 Å². The van der Waals surface area contributed by atoms with E-state index in [1.54, 1.807) is 13.1 Å². The topological polar surface area (TPSA) is 84.8 Å². The maximum atomic E-state index is 15.0. The number of nitrogens with zero attached hydrogens (tertiary/aromatic N) is 3.